The molecule has 0 aliphatic carbocycles. The van der Waals surface area contributed by atoms with E-state index >= 15 is 0 Å². The molecule has 2 aromatic rings. The smallest absolute Gasteiger partial charge is 0.250 e. The molecule has 0 bridgehead atoms. The fraction of sp³-hybridized carbons (Fsp3) is 0.375. The predicted molar refractivity (Wildman–Crippen MR) is 94.6 cm³/mol. The van der Waals surface area contributed by atoms with Gasteiger partial charge in [-0.2, -0.15) is 0 Å². The molecule has 0 spiro atoms. The molecule has 5 nitrogen and oxygen atoms in total. The van der Waals surface area contributed by atoms with Crippen LogP contribution in [0.4, 0.5) is 5.69 Å². The molecule has 0 radical (unpaired) electrons. The first kappa shape index (κ1) is 17.9. The summed E-state index contributed by atoms with van der Waals surface area (Å²) in [5, 5.41) is 10.2. The van der Waals surface area contributed by atoms with Gasteiger partial charge >= 0.3 is 0 Å². The van der Waals surface area contributed by atoms with E-state index in [-0.39, 0.29) is 10.8 Å². The quantitative estimate of drug-likeness (QED) is 0.801. The van der Waals surface area contributed by atoms with Gasteiger partial charge in [-0.1, -0.05) is 19.1 Å². The summed E-state index contributed by atoms with van der Waals surface area (Å²) in [6, 6.07) is 10.8. The van der Waals surface area contributed by atoms with Crippen molar-refractivity contribution in [1.82, 2.24) is 4.72 Å². The maximum absolute atomic E-state index is 12.2. The lowest BCUT2D eigenvalue weighted by Gasteiger charge is -2.15. The van der Waals surface area contributed by atoms with Gasteiger partial charge in [-0.15, -0.1) is 11.3 Å². The molecule has 7 heteroatoms. The number of anilines is 1. The minimum absolute atomic E-state index is 0.0526. The molecule has 126 valence electrons. The molecule has 1 atom stereocenters. The normalized spacial score (nSPS) is 13.0. The van der Waals surface area contributed by atoms with Crippen molar-refractivity contribution in [3.63, 3.8) is 0 Å². The van der Waals surface area contributed by atoms with Crippen molar-refractivity contribution in [2.75, 3.05) is 25.5 Å². The summed E-state index contributed by atoms with van der Waals surface area (Å²) in [6.07, 6.45) is -0.0762. The zero-order valence-electron chi connectivity index (χ0n) is 13.5. The average molecular weight is 354 g/mol. The lowest BCUT2D eigenvalue weighted by molar-refractivity contribution is 0.182. The minimum atomic E-state index is -3.57. The molecule has 0 aliphatic rings. The molecule has 1 aromatic heterocycles. The van der Waals surface area contributed by atoms with E-state index in [1.165, 1.54) is 11.3 Å². The van der Waals surface area contributed by atoms with Crippen molar-refractivity contribution >= 4 is 27.0 Å². The standard InChI is InChI=1S/C16H22N2O3S2/c1-4-14-9-10-16(22-14)23(20,21)17-11-15(19)12-5-7-13(8-6-12)18(2)3/h5-10,15,17,19H,4,11H2,1-3H3/t15-/m0/s1. The number of aliphatic hydroxyl groups excluding tert-OH is 1. The largest absolute Gasteiger partial charge is 0.387 e. The van der Waals surface area contributed by atoms with E-state index in [0.29, 0.717) is 5.56 Å². The van der Waals surface area contributed by atoms with Gasteiger partial charge in [0.1, 0.15) is 4.21 Å². The van der Waals surface area contributed by atoms with E-state index < -0.39 is 16.1 Å². The number of aryl methyl sites for hydroxylation is 1. The van der Waals surface area contributed by atoms with Crippen molar-refractivity contribution in [3.8, 4) is 0 Å². The third-order valence-electron chi connectivity index (χ3n) is 3.51. The first-order valence-corrected chi connectivity index (χ1v) is 9.67. The molecule has 0 saturated carbocycles. The van der Waals surface area contributed by atoms with E-state index in [9.17, 15) is 13.5 Å². The van der Waals surface area contributed by atoms with Gasteiger partial charge in [-0.3, -0.25) is 0 Å². The third-order valence-corrected chi connectivity index (χ3v) is 6.66. The second kappa shape index (κ2) is 7.44. The Morgan fingerprint density at radius 3 is 2.35 bits per heavy atom. The molecule has 0 saturated heterocycles. The number of hydrogen-bond donors (Lipinski definition) is 2. The summed E-state index contributed by atoms with van der Waals surface area (Å²) in [5.74, 6) is 0. The van der Waals surface area contributed by atoms with E-state index in [4.69, 9.17) is 0 Å². The highest BCUT2D eigenvalue weighted by atomic mass is 32.2. The van der Waals surface area contributed by atoms with E-state index in [1.54, 1.807) is 18.2 Å². The zero-order chi connectivity index (χ0) is 17.0. The third kappa shape index (κ3) is 4.54. The van der Waals surface area contributed by atoms with Crippen molar-refractivity contribution in [2.45, 2.75) is 23.7 Å². The van der Waals surface area contributed by atoms with Crippen molar-refractivity contribution in [3.05, 3.63) is 46.8 Å². The topological polar surface area (TPSA) is 69.6 Å². The van der Waals surface area contributed by atoms with Crippen LogP contribution in [-0.2, 0) is 16.4 Å². The lowest BCUT2D eigenvalue weighted by atomic mass is 10.1. The maximum atomic E-state index is 12.2. The van der Waals surface area contributed by atoms with Crippen LogP contribution < -0.4 is 9.62 Å². The Kier molecular flexibility index (Phi) is 5.80. The second-order valence-corrected chi connectivity index (χ2v) is 8.59. The fourth-order valence-electron chi connectivity index (χ4n) is 2.06. The van der Waals surface area contributed by atoms with Gasteiger partial charge < -0.3 is 10.0 Å². The van der Waals surface area contributed by atoms with Gasteiger partial charge in [0.15, 0.2) is 0 Å². The molecule has 1 aromatic carbocycles. The summed E-state index contributed by atoms with van der Waals surface area (Å²) in [5.41, 5.74) is 1.70. The molecule has 0 aliphatic heterocycles. The number of nitrogens with one attached hydrogen (secondary N) is 1. The minimum Gasteiger partial charge on any atom is -0.387 e. The Labute approximate surface area is 141 Å². The monoisotopic (exact) mass is 354 g/mol. The van der Waals surface area contributed by atoms with Crippen LogP contribution in [0.5, 0.6) is 0 Å². The van der Waals surface area contributed by atoms with Gasteiger partial charge in [0, 0.05) is 31.2 Å². The van der Waals surface area contributed by atoms with Gasteiger partial charge in [0.2, 0.25) is 10.0 Å². The van der Waals surface area contributed by atoms with Crippen LogP contribution in [0.15, 0.2) is 40.6 Å². The van der Waals surface area contributed by atoms with Crippen molar-refractivity contribution in [2.24, 2.45) is 0 Å². The van der Waals surface area contributed by atoms with Crippen LogP contribution in [0, 0.1) is 0 Å². The summed E-state index contributed by atoms with van der Waals surface area (Å²) in [7, 11) is 0.297. The van der Waals surface area contributed by atoms with Gasteiger partial charge in [-0.25, -0.2) is 13.1 Å². The van der Waals surface area contributed by atoms with Gasteiger partial charge in [-0.05, 0) is 36.2 Å². The SMILES string of the molecule is CCc1ccc(S(=O)(=O)NC[C@H](O)c2ccc(N(C)C)cc2)s1. The highest BCUT2D eigenvalue weighted by Gasteiger charge is 2.18. The van der Waals surface area contributed by atoms with Crippen molar-refractivity contribution in [1.29, 1.82) is 0 Å². The first-order valence-electron chi connectivity index (χ1n) is 7.37. The Bertz CT molecular complexity index is 737. The number of thiophene rings is 1. The zero-order valence-corrected chi connectivity index (χ0v) is 15.1. The molecule has 0 amide bonds. The Morgan fingerprint density at radius 2 is 1.83 bits per heavy atom. The highest BCUT2D eigenvalue weighted by molar-refractivity contribution is 7.91. The molecule has 2 rings (SSSR count). The van der Waals surface area contributed by atoms with Crippen LogP contribution >= 0.6 is 11.3 Å². The molecule has 0 fully saturated rings. The van der Waals surface area contributed by atoms with Crippen LogP contribution in [0.2, 0.25) is 0 Å². The van der Waals surface area contributed by atoms with E-state index in [1.807, 2.05) is 44.1 Å². The molecular formula is C16H22N2O3S2. The summed E-state index contributed by atoms with van der Waals surface area (Å²) in [6.45, 7) is 1.93. The van der Waals surface area contributed by atoms with Crippen LogP contribution in [0.1, 0.15) is 23.5 Å². The number of nitrogens with zero attached hydrogens (tertiary/aromatic N) is 1. The first-order chi connectivity index (χ1) is 10.8. The maximum Gasteiger partial charge on any atom is 0.250 e. The van der Waals surface area contributed by atoms with Gasteiger partial charge in [0.25, 0.3) is 0 Å². The fourth-order valence-corrected chi connectivity index (χ4v) is 4.44. The van der Waals surface area contributed by atoms with Crippen LogP contribution in [0.25, 0.3) is 0 Å². The number of rotatable bonds is 7. The molecule has 1 heterocycles. The number of sulfonamides is 1. The Morgan fingerprint density at radius 1 is 1.17 bits per heavy atom. The Hall–Kier alpha value is -1.41. The lowest BCUT2D eigenvalue weighted by Crippen LogP contribution is -2.28. The average Bonchev–Trinajstić information content (AvgIpc) is 3.02. The molecule has 23 heavy (non-hydrogen) atoms. The number of hydrogen-bond acceptors (Lipinski definition) is 5. The summed E-state index contributed by atoms with van der Waals surface area (Å²) >= 11 is 1.25. The number of aliphatic hydroxyl groups is 1. The van der Waals surface area contributed by atoms with E-state index in [2.05, 4.69) is 4.72 Å². The van der Waals surface area contributed by atoms with Gasteiger partial charge in [0.05, 0.1) is 6.10 Å². The number of benzene rings is 1. The van der Waals surface area contributed by atoms with Crippen LogP contribution in [-0.4, -0.2) is 34.2 Å². The summed E-state index contributed by atoms with van der Waals surface area (Å²) < 4.78 is 27.2. The van der Waals surface area contributed by atoms with E-state index in [0.717, 1.165) is 17.0 Å². The predicted octanol–water partition coefficient (Wildman–Crippen LogP) is 2.39. The molecular weight excluding hydrogens is 332 g/mol. The summed E-state index contributed by atoms with van der Waals surface area (Å²) in [4.78, 5) is 2.98. The van der Waals surface area contributed by atoms with Crippen LogP contribution in [0.3, 0.4) is 0 Å². The molecule has 0 unspecified atom stereocenters. The molecule has 2 N–H and O–H groups in total. The Balaban J connectivity index is 2.01. The second-order valence-electron chi connectivity index (χ2n) is 5.43. The highest BCUT2D eigenvalue weighted by Crippen LogP contribution is 2.22. The van der Waals surface area contributed by atoms with Crippen molar-refractivity contribution < 1.29 is 13.5 Å².